The van der Waals surface area contributed by atoms with E-state index < -0.39 is 0 Å². The molecular weight excluding hydrogens is 528 g/mol. The van der Waals surface area contributed by atoms with E-state index in [1.54, 1.807) is 0 Å². The van der Waals surface area contributed by atoms with Crippen molar-refractivity contribution in [3.05, 3.63) is 110 Å². The van der Waals surface area contributed by atoms with Gasteiger partial charge >= 0.3 is 0 Å². The first-order valence-corrected chi connectivity index (χ1v) is 13.4. The minimum absolute atomic E-state index is 0.0426. The summed E-state index contributed by atoms with van der Waals surface area (Å²) in [6.07, 6.45) is 1.85. The van der Waals surface area contributed by atoms with E-state index in [1.807, 2.05) is 18.3 Å². The number of anilines is 1. The highest BCUT2D eigenvalue weighted by atomic mass is 79.9. The van der Waals surface area contributed by atoms with Crippen LogP contribution in [0.1, 0.15) is 57.0 Å². The van der Waals surface area contributed by atoms with Crippen LogP contribution in [0.2, 0.25) is 0 Å². The molecule has 2 aromatic heterocycles. The number of aromatic nitrogens is 2. The Balaban J connectivity index is 1.72. The van der Waals surface area contributed by atoms with E-state index in [-0.39, 0.29) is 12.1 Å². The number of halogens is 1. The normalized spacial score (nSPS) is 17.5. The van der Waals surface area contributed by atoms with E-state index in [2.05, 4.69) is 115 Å². The van der Waals surface area contributed by atoms with Crippen molar-refractivity contribution in [1.29, 1.82) is 0 Å². The van der Waals surface area contributed by atoms with E-state index in [4.69, 9.17) is 17.2 Å². The van der Waals surface area contributed by atoms with Crippen molar-refractivity contribution in [1.82, 2.24) is 14.9 Å². The lowest BCUT2D eigenvalue weighted by Crippen LogP contribution is -2.29. The molecule has 1 N–H and O–H groups in total. The molecule has 1 saturated heterocycles. The third-order valence-electron chi connectivity index (χ3n) is 7.17. The van der Waals surface area contributed by atoms with Crippen LogP contribution >= 0.6 is 28.1 Å². The van der Waals surface area contributed by atoms with Gasteiger partial charge in [0.2, 0.25) is 0 Å². The molecule has 0 saturated carbocycles. The summed E-state index contributed by atoms with van der Waals surface area (Å²) in [5.41, 5.74) is 12.0. The summed E-state index contributed by atoms with van der Waals surface area (Å²) in [7, 11) is 0. The maximum atomic E-state index is 5.95. The van der Waals surface area contributed by atoms with Crippen LogP contribution < -0.4 is 10.2 Å². The third-order valence-corrected chi connectivity index (χ3v) is 8.37. The van der Waals surface area contributed by atoms with Gasteiger partial charge < -0.3 is 14.8 Å². The van der Waals surface area contributed by atoms with Crippen LogP contribution in [0, 0.1) is 41.5 Å². The highest BCUT2D eigenvalue weighted by Crippen LogP contribution is 2.44. The molecule has 4 nitrogen and oxygen atoms in total. The number of thiocarbonyl (C=S) groups is 1. The first-order valence-electron chi connectivity index (χ1n) is 12.2. The van der Waals surface area contributed by atoms with Gasteiger partial charge in [-0.1, -0.05) is 39.7 Å². The summed E-state index contributed by atoms with van der Waals surface area (Å²) in [6.45, 7) is 13.1. The molecule has 0 bridgehead atoms. The lowest BCUT2D eigenvalue weighted by molar-refractivity contribution is 0.565. The van der Waals surface area contributed by atoms with Gasteiger partial charge in [-0.2, -0.15) is 0 Å². The molecule has 5 rings (SSSR count). The van der Waals surface area contributed by atoms with E-state index in [0.717, 1.165) is 15.9 Å². The van der Waals surface area contributed by atoms with Gasteiger partial charge in [0.1, 0.15) is 0 Å². The van der Waals surface area contributed by atoms with Gasteiger partial charge in [-0.05, 0) is 112 Å². The topological polar surface area (TPSA) is 33.1 Å². The molecule has 1 aliphatic rings. The summed E-state index contributed by atoms with van der Waals surface area (Å²) in [5.74, 6) is 0. The number of pyridine rings is 1. The lowest BCUT2D eigenvalue weighted by Gasteiger charge is -2.29. The average Bonchev–Trinajstić information content (AvgIpc) is 3.32. The van der Waals surface area contributed by atoms with Crippen molar-refractivity contribution in [2.24, 2.45) is 0 Å². The predicted molar refractivity (Wildman–Crippen MR) is 156 cm³/mol. The summed E-state index contributed by atoms with van der Waals surface area (Å²) in [6, 6.07) is 19.2. The molecule has 0 aliphatic carbocycles. The molecule has 4 aromatic rings. The van der Waals surface area contributed by atoms with Crippen molar-refractivity contribution >= 4 is 38.9 Å². The fraction of sp³-hybridized carbons (Fsp3) is 0.267. The highest BCUT2D eigenvalue weighted by molar-refractivity contribution is 9.10. The number of hydrogen-bond donors (Lipinski definition) is 1. The number of nitrogens with one attached hydrogen (secondary N) is 1. The van der Waals surface area contributed by atoms with Crippen LogP contribution in [0.25, 0.3) is 5.69 Å². The van der Waals surface area contributed by atoms with Gasteiger partial charge in [0.15, 0.2) is 5.11 Å². The monoisotopic (exact) mass is 558 g/mol. The summed E-state index contributed by atoms with van der Waals surface area (Å²) in [4.78, 5) is 6.98. The molecule has 1 aliphatic heterocycles. The molecule has 0 amide bonds. The number of nitrogens with zero attached hydrogens (tertiary/aromatic N) is 3. The van der Waals surface area contributed by atoms with E-state index in [0.29, 0.717) is 5.11 Å². The summed E-state index contributed by atoms with van der Waals surface area (Å²) < 4.78 is 3.49. The molecule has 0 spiro atoms. The van der Waals surface area contributed by atoms with Gasteiger partial charge in [-0.3, -0.25) is 4.98 Å². The largest absolute Gasteiger partial charge is 0.351 e. The Morgan fingerprint density at radius 3 is 2.25 bits per heavy atom. The SMILES string of the molecule is Cc1cc(C)c(-n2c(C)cc([C@H]3[C@H](c4ccccn4)NC(=S)N3c3ccc(Br)c(C)c3)c2C)c(C)c1. The zero-order chi connectivity index (χ0) is 25.7. The van der Waals surface area contributed by atoms with Gasteiger partial charge in [-0.15, -0.1) is 0 Å². The average molecular weight is 560 g/mol. The van der Waals surface area contributed by atoms with Crippen molar-refractivity contribution in [2.75, 3.05) is 4.90 Å². The van der Waals surface area contributed by atoms with Crippen LogP contribution in [-0.4, -0.2) is 14.7 Å². The van der Waals surface area contributed by atoms with Gasteiger partial charge in [0.05, 0.1) is 23.5 Å². The zero-order valence-electron chi connectivity index (χ0n) is 21.6. The van der Waals surface area contributed by atoms with E-state index in [9.17, 15) is 0 Å². The molecule has 2 aromatic carbocycles. The maximum Gasteiger partial charge on any atom is 0.174 e. The molecule has 36 heavy (non-hydrogen) atoms. The predicted octanol–water partition coefficient (Wildman–Crippen LogP) is 7.66. The van der Waals surface area contributed by atoms with Crippen LogP contribution in [0.4, 0.5) is 5.69 Å². The Hall–Kier alpha value is -2.96. The molecule has 3 heterocycles. The van der Waals surface area contributed by atoms with Crippen molar-refractivity contribution in [2.45, 2.75) is 53.6 Å². The Bertz CT molecular complexity index is 1450. The van der Waals surface area contributed by atoms with Crippen molar-refractivity contribution in [3.8, 4) is 5.69 Å². The Kier molecular flexibility index (Phi) is 6.52. The fourth-order valence-corrected chi connectivity index (χ4v) is 6.28. The second-order valence-corrected chi connectivity index (χ2v) is 11.1. The number of aryl methyl sites for hydroxylation is 5. The number of benzene rings is 2. The molecule has 0 radical (unpaired) electrons. The smallest absolute Gasteiger partial charge is 0.174 e. The summed E-state index contributed by atoms with van der Waals surface area (Å²) >= 11 is 9.60. The standard InChI is InChI=1S/C30H31BrN4S/c1-17-13-19(3)28(20(4)14-17)34-21(5)16-24(22(34)6)29-27(26-9-7-8-12-32-26)33-30(36)35(29)23-10-11-25(31)18(2)15-23/h7-16,27,29H,1-6H3,(H,33,36)/t27-,29-/m0/s1. The van der Waals surface area contributed by atoms with Gasteiger partial charge in [0.25, 0.3) is 0 Å². The molecule has 2 atom stereocenters. The maximum absolute atomic E-state index is 5.95. The Morgan fingerprint density at radius 1 is 0.889 bits per heavy atom. The van der Waals surface area contributed by atoms with E-state index in [1.165, 1.54) is 44.9 Å². The van der Waals surface area contributed by atoms with Crippen LogP contribution in [0.3, 0.4) is 0 Å². The molecule has 0 unspecified atom stereocenters. The second kappa shape index (κ2) is 9.49. The molecular formula is C30H31BrN4S. The Morgan fingerprint density at radius 2 is 1.61 bits per heavy atom. The second-order valence-electron chi connectivity index (χ2n) is 9.84. The number of hydrogen-bond acceptors (Lipinski definition) is 2. The molecule has 184 valence electrons. The van der Waals surface area contributed by atoms with Crippen LogP contribution in [0.15, 0.2) is 65.3 Å². The van der Waals surface area contributed by atoms with Gasteiger partial charge in [-0.25, -0.2) is 0 Å². The quantitative estimate of drug-likeness (QED) is 0.260. The molecule has 1 fully saturated rings. The molecule has 6 heteroatoms. The number of rotatable bonds is 4. The first kappa shape index (κ1) is 24.7. The Labute approximate surface area is 227 Å². The van der Waals surface area contributed by atoms with Gasteiger partial charge in [0, 0.05) is 27.7 Å². The third kappa shape index (κ3) is 4.16. The van der Waals surface area contributed by atoms with Crippen molar-refractivity contribution in [3.63, 3.8) is 0 Å². The zero-order valence-corrected chi connectivity index (χ0v) is 24.0. The van der Waals surface area contributed by atoms with Crippen LogP contribution in [-0.2, 0) is 0 Å². The first-order chi connectivity index (χ1) is 17.2. The van der Waals surface area contributed by atoms with E-state index >= 15 is 0 Å². The van der Waals surface area contributed by atoms with Crippen LogP contribution in [0.5, 0.6) is 0 Å². The van der Waals surface area contributed by atoms with Crippen molar-refractivity contribution < 1.29 is 0 Å². The fourth-order valence-electron chi connectivity index (χ4n) is 5.68. The lowest BCUT2D eigenvalue weighted by atomic mass is 9.96. The highest BCUT2D eigenvalue weighted by Gasteiger charge is 2.42. The minimum Gasteiger partial charge on any atom is -0.351 e. The summed E-state index contributed by atoms with van der Waals surface area (Å²) in [5, 5.41) is 4.31. The minimum atomic E-state index is -0.0724.